The number of hydrogen-bond acceptors (Lipinski definition) is 3. The molecule has 120 valence electrons. The monoisotopic (exact) mass is 302 g/mol. The number of piperazine rings is 1. The molecule has 3 N–H and O–H groups in total. The number of anilines is 1. The van der Waals surface area contributed by atoms with Crippen LogP contribution >= 0.6 is 0 Å². The van der Waals surface area contributed by atoms with Crippen molar-refractivity contribution < 1.29 is 4.79 Å². The summed E-state index contributed by atoms with van der Waals surface area (Å²) in [4.78, 5) is 14.9. The molecule has 0 atom stereocenters. The smallest absolute Gasteiger partial charge is 0.317 e. The molecule has 5 nitrogen and oxygen atoms in total. The van der Waals surface area contributed by atoms with Crippen LogP contribution in [0.5, 0.6) is 0 Å². The molecular weight excluding hydrogens is 276 g/mol. The van der Waals surface area contributed by atoms with Crippen molar-refractivity contribution in [2.24, 2.45) is 0 Å². The van der Waals surface area contributed by atoms with Gasteiger partial charge in [0.25, 0.3) is 0 Å². The lowest BCUT2D eigenvalue weighted by Crippen LogP contribution is -2.66. The Hall–Kier alpha value is -1.59. The molecule has 0 aliphatic carbocycles. The van der Waals surface area contributed by atoms with Gasteiger partial charge in [-0.1, -0.05) is 12.1 Å². The highest BCUT2D eigenvalue weighted by molar-refractivity contribution is 5.91. The first-order chi connectivity index (χ1) is 10.6. The molecule has 0 aromatic heterocycles. The van der Waals surface area contributed by atoms with Crippen LogP contribution in [0.2, 0.25) is 0 Å². The zero-order chi connectivity index (χ0) is 15.6. The van der Waals surface area contributed by atoms with Crippen molar-refractivity contribution in [3.63, 3.8) is 0 Å². The number of aryl methyl sites for hydroxylation is 2. The quantitative estimate of drug-likeness (QED) is 0.742. The minimum absolute atomic E-state index is 0.0364. The molecule has 22 heavy (non-hydrogen) atoms. The van der Waals surface area contributed by atoms with Crippen LogP contribution < -0.4 is 16.0 Å². The van der Waals surface area contributed by atoms with E-state index >= 15 is 0 Å². The van der Waals surface area contributed by atoms with Crippen LogP contribution in [0, 0.1) is 13.8 Å². The Kier molecular flexibility index (Phi) is 4.36. The molecule has 2 fully saturated rings. The summed E-state index contributed by atoms with van der Waals surface area (Å²) in [5.41, 5.74) is 3.16. The maximum Gasteiger partial charge on any atom is 0.322 e. The third kappa shape index (κ3) is 2.96. The van der Waals surface area contributed by atoms with Gasteiger partial charge in [0.05, 0.1) is 5.54 Å². The SMILES string of the molecule is Cc1ccc(C)c(NC(=O)N2CCNCC23CCNCC3)c1. The maximum atomic E-state index is 12.9. The largest absolute Gasteiger partial charge is 0.322 e. The van der Waals surface area contributed by atoms with E-state index in [1.165, 1.54) is 0 Å². The highest BCUT2D eigenvalue weighted by Gasteiger charge is 2.42. The van der Waals surface area contributed by atoms with E-state index in [0.29, 0.717) is 0 Å². The number of piperidine rings is 1. The third-order valence-electron chi connectivity index (χ3n) is 4.95. The fourth-order valence-electron chi connectivity index (χ4n) is 3.55. The fourth-order valence-corrected chi connectivity index (χ4v) is 3.55. The normalized spacial score (nSPS) is 20.9. The molecule has 1 aromatic carbocycles. The summed E-state index contributed by atoms with van der Waals surface area (Å²) in [5, 5.41) is 9.99. The zero-order valence-corrected chi connectivity index (χ0v) is 13.5. The molecular formula is C17H26N4O. The summed E-state index contributed by atoms with van der Waals surface area (Å²) in [6.07, 6.45) is 2.03. The summed E-state index contributed by atoms with van der Waals surface area (Å²) in [6, 6.07) is 6.22. The molecule has 0 unspecified atom stereocenters. The van der Waals surface area contributed by atoms with Gasteiger partial charge >= 0.3 is 6.03 Å². The van der Waals surface area contributed by atoms with Gasteiger partial charge in [-0.15, -0.1) is 0 Å². The Morgan fingerprint density at radius 1 is 1.18 bits per heavy atom. The number of nitrogens with one attached hydrogen (secondary N) is 3. The second-order valence-electron chi connectivity index (χ2n) is 6.55. The van der Waals surface area contributed by atoms with Crippen LogP contribution in [0.1, 0.15) is 24.0 Å². The number of rotatable bonds is 1. The Labute approximate surface area is 132 Å². The topological polar surface area (TPSA) is 56.4 Å². The third-order valence-corrected chi connectivity index (χ3v) is 4.95. The molecule has 0 bridgehead atoms. The Balaban J connectivity index is 1.78. The maximum absolute atomic E-state index is 12.9. The van der Waals surface area contributed by atoms with E-state index in [0.717, 1.165) is 62.4 Å². The average Bonchev–Trinajstić information content (AvgIpc) is 2.52. The predicted molar refractivity (Wildman–Crippen MR) is 89.3 cm³/mol. The van der Waals surface area contributed by atoms with E-state index in [2.05, 4.69) is 33.0 Å². The highest BCUT2D eigenvalue weighted by Crippen LogP contribution is 2.29. The molecule has 2 aliphatic heterocycles. The van der Waals surface area contributed by atoms with Crippen LogP contribution in [-0.4, -0.2) is 49.2 Å². The minimum Gasteiger partial charge on any atom is -0.317 e. The lowest BCUT2D eigenvalue weighted by Gasteiger charge is -2.49. The standard InChI is InChI=1S/C17H26N4O/c1-13-3-4-14(2)15(11-13)20-16(22)21-10-9-19-12-17(21)5-7-18-8-6-17/h3-4,11,18-19H,5-10,12H2,1-2H3,(H,20,22). The number of carbonyl (C=O) groups excluding carboxylic acids is 1. The second-order valence-corrected chi connectivity index (χ2v) is 6.55. The predicted octanol–water partition coefficient (Wildman–Crippen LogP) is 1.86. The Morgan fingerprint density at radius 2 is 1.95 bits per heavy atom. The van der Waals surface area contributed by atoms with Gasteiger partial charge in [0.15, 0.2) is 0 Å². The van der Waals surface area contributed by atoms with Crippen LogP contribution in [0.3, 0.4) is 0 Å². The van der Waals surface area contributed by atoms with Gasteiger partial charge in [0, 0.05) is 25.3 Å². The van der Waals surface area contributed by atoms with Crippen LogP contribution in [-0.2, 0) is 0 Å². The Bertz CT molecular complexity index is 543. The van der Waals surface area contributed by atoms with Crippen molar-refractivity contribution >= 4 is 11.7 Å². The van der Waals surface area contributed by atoms with Crippen molar-refractivity contribution in [3.8, 4) is 0 Å². The lowest BCUT2D eigenvalue weighted by atomic mass is 9.85. The number of benzene rings is 1. The number of urea groups is 1. The second kappa shape index (κ2) is 6.26. The molecule has 2 heterocycles. The number of hydrogen-bond donors (Lipinski definition) is 3. The Morgan fingerprint density at radius 3 is 2.73 bits per heavy atom. The van der Waals surface area contributed by atoms with Crippen LogP contribution in [0.25, 0.3) is 0 Å². The van der Waals surface area contributed by atoms with Gasteiger partial charge in [-0.05, 0) is 57.0 Å². The van der Waals surface area contributed by atoms with Crippen LogP contribution in [0.4, 0.5) is 10.5 Å². The molecule has 2 amide bonds. The molecule has 5 heteroatoms. The number of carbonyl (C=O) groups is 1. The van der Waals surface area contributed by atoms with Crippen molar-refractivity contribution in [2.75, 3.05) is 38.0 Å². The van der Waals surface area contributed by atoms with E-state index in [1.807, 2.05) is 19.9 Å². The first-order valence-electron chi connectivity index (χ1n) is 8.18. The molecule has 1 spiro atoms. The van der Waals surface area contributed by atoms with Gasteiger partial charge in [-0.3, -0.25) is 0 Å². The van der Waals surface area contributed by atoms with E-state index in [1.54, 1.807) is 0 Å². The summed E-state index contributed by atoms with van der Waals surface area (Å²) < 4.78 is 0. The van der Waals surface area contributed by atoms with E-state index in [9.17, 15) is 4.79 Å². The highest BCUT2D eigenvalue weighted by atomic mass is 16.2. The molecule has 2 saturated heterocycles. The summed E-state index contributed by atoms with van der Waals surface area (Å²) >= 11 is 0. The molecule has 0 radical (unpaired) electrons. The van der Waals surface area contributed by atoms with Crippen molar-refractivity contribution in [1.82, 2.24) is 15.5 Å². The first kappa shape index (κ1) is 15.3. The summed E-state index contributed by atoms with van der Waals surface area (Å²) in [5.74, 6) is 0. The molecule has 3 rings (SSSR count). The van der Waals surface area contributed by atoms with Gasteiger partial charge in [-0.25, -0.2) is 4.79 Å². The summed E-state index contributed by atoms with van der Waals surface area (Å²) in [7, 11) is 0. The van der Waals surface area contributed by atoms with Gasteiger partial charge in [0.2, 0.25) is 0 Å². The fraction of sp³-hybridized carbons (Fsp3) is 0.588. The van der Waals surface area contributed by atoms with E-state index in [-0.39, 0.29) is 11.6 Å². The van der Waals surface area contributed by atoms with Crippen molar-refractivity contribution in [2.45, 2.75) is 32.2 Å². The molecule has 0 saturated carbocycles. The molecule has 1 aromatic rings. The minimum atomic E-state index is -0.0364. The van der Waals surface area contributed by atoms with Gasteiger partial charge in [0.1, 0.15) is 0 Å². The van der Waals surface area contributed by atoms with Crippen LogP contribution in [0.15, 0.2) is 18.2 Å². The van der Waals surface area contributed by atoms with Gasteiger partial charge in [-0.2, -0.15) is 0 Å². The summed E-state index contributed by atoms with van der Waals surface area (Å²) in [6.45, 7) is 8.59. The van der Waals surface area contributed by atoms with E-state index in [4.69, 9.17) is 0 Å². The zero-order valence-electron chi connectivity index (χ0n) is 13.5. The van der Waals surface area contributed by atoms with Gasteiger partial charge < -0.3 is 20.9 Å². The lowest BCUT2D eigenvalue weighted by molar-refractivity contribution is 0.0690. The number of nitrogens with zero attached hydrogens (tertiary/aromatic N) is 1. The van der Waals surface area contributed by atoms with Crippen molar-refractivity contribution in [1.29, 1.82) is 0 Å². The van der Waals surface area contributed by atoms with Crippen molar-refractivity contribution in [3.05, 3.63) is 29.3 Å². The average molecular weight is 302 g/mol. The molecule has 2 aliphatic rings. The van der Waals surface area contributed by atoms with E-state index < -0.39 is 0 Å². The number of amides is 2. The first-order valence-corrected chi connectivity index (χ1v) is 8.18.